The number of aromatic nitrogens is 3. The smallest absolute Gasteiger partial charge is 0.330 e. The van der Waals surface area contributed by atoms with Crippen LogP contribution in [0.3, 0.4) is 0 Å². The minimum atomic E-state index is -4.30. The van der Waals surface area contributed by atoms with Crippen LogP contribution in [0.5, 0.6) is 0 Å². The predicted molar refractivity (Wildman–Crippen MR) is 151 cm³/mol. The number of sulfonamides is 1. The van der Waals surface area contributed by atoms with Gasteiger partial charge in [0.2, 0.25) is 0 Å². The van der Waals surface area contributed by atoms with E-state index < -0.39 is 33.8 Å². The highest BCUT2D eigenvalue weighted by Gasteiger charge is 2.29. The first-order valence-corrected chi connectivity index (χ1v) is 14.2. The molecule has 10 nitrogen and oxygen atoms in total. The van der Waals surface area contributed by atoms with Crippen molar-refractivity contribution < 1.29 is 17.9 Å². The van der Waals surface area contributed by atoms with Crippen LogP contribution in [-0.4, -0.2) is 41.2 Å². The minimum absolute atomic E-state index is 0.123. The second kappa shape index (κ2) is 11.3. The minimum Gasteiger partial charge on any atom is -0.464 e. The Kier molecular flexibility index (Phi) is 8.24. The summed E-state index contributed by atoms with van der Waals surface area (Å²) in [6, 6.07) is 10.3. The average Bonchev–Trinajstić information content (AvgIpc) is 3.30. The molecule has 4 rings (SSSR count). The lowest BCUT2D eigenvalue weighted by atomic mass is 10.2. The van der Waals surface area contributed by atoms with Crippen LogP contribution in [0.25, 0.3) is 16.6 Å². The number of aryl methyl sites for hydroxylation is 1. The number of nitrogens with zero attached hydrogens (tertiary/aromatic N) is 4. The van der Waals surface area contributed by atoms with Crippen molar-refractivity contribution in [3.8, 4) is 5.69 Å². The summed E-state index contributed by atoms with van der Waals surface area (Å²) in [4.78, 5) is 37.4. The lowest BCUT2D eigenvalue weighted by molar-refractivity contribution is -0.141. The Morgan fingerprint density at radius 1 is 1.03 bits per heavy atom. The van der Waals surface area contributed by atoms with Gasteiger partial charge in [-0.2, -0.15) is 0 Å². The Balaban J connectivity index is 1.82. The maximum absolute atomic E-state index is 13.7. The molecule has 2 aromatic heterocycles. The molecule has 39 heavy (non-hydrogen) atoms. The molecule has 0 amide bonds. The molecule has 0 fully saturated rings. The summed E-state index contributed by atoms with van der Waals surface area (Å²) in [6.07, 6.45) is 4.53. The van der Waals surface area contributed by atoms with Gasteiger partial charge < -0.3 is 13.9 Å². The zero-order valence-electron chi connectivity index (χ0n) is 21.4. The van der Waals surface area contributed by atoms with Crippen LogP contribution in [0.1, 0.15) is 19.8 Å². The lowest BCUT2D eigenvalue weighted by Gasteiger charge is -2.24. The summed E-state index contributed by atoms with van der Waals surface area (Å²) in [7, 11) is -1.36. The summed E-state index contributed by atoms with van der Waals surface area (Å²) >= 11 is 12.1. The van der Waals surface area contributed by atoms with Gasteiger partial charge in [-0.15, -0.1) is 0 Å². The fourth-order valence-electron chi connectivity index (χ4n) is 4.06. The number of fused-ring (bicyclic) bond motifs is 1. The molecule has 0 bridgehead atoms. The van der Waals surface area contributed by atoms with Gasteiger partial charge >= 0.3 is 11.7 Å². The van der Waals surface area contributed by atoms with Gasteiger partial charge in [-0.05, 0) is 48.9 Å². The van der Waals surface area contributed by atoms with E-state index in [0.717, 1.165) is 15.3 Å². The largest absolute Gasteiger partial charge is 0.464 e. The van der Waals surface area contributed by atoms with E-state index in [-0.39, 0.29) is 32.9 Å². The average molecular weight is 593 g/mol. The number of esters is 1. The van der Waals surface area contributed by atoms with E-state index in [1.165, 1.54) is 42.1 Å². The molecule has 2 aromatic carbocycles. The number of carbonyl (C=O) groups is 1. The van der Waals surface area contributed by atoms with Crippen LogP contribution in [0, 0.1) is 0 Å². The number of unbranched alkanes of at least 4 members (excludes halogenated alkanes) is 1. The van der Waals surface area contributed by atoms with Crippen molar-refractivity contribution in [2.75, 3.05) is 17.5 Å². The molecule has 4 aromatic rings. The van der Waals surface area contributed by atoms with Gasteiger partial charge in [0.15, 0.2) is 0 Å². The first-order chi connectivity index (χ1) is 18.4. The molecule has 2 heterocycles. The SMILES string of the molecule is CCCCOC(=O)CN(c1ccc2c(ccn2-c2cn(C)c(=O)n(C)c2=O)c1)S(=O)(=O)c1cc(Cl)cc(Cl)c1. The molecule has 0 unspecified atom stereocenters. The number of rotatable bonds is 9. The second-order valence-electron chi connectivity index (χ2n) is 8.89. The normalized spacial score (nSPS) is 11.6. The maximum Gasteiger partial charge on any atom is 0.330 e. The summed E-state index contributed by atoms with van der Waals surface area (Å²) in [5.74, 6) is -0.716. The van der Waals surface area contributed by atoms with Crippen molar-refractivity contribution in [1.29, 1.82) is 0 Å². The van der Waals surface area contributed by atoms with Crippen LogP contribution in [0.2, 0.25) is 10.0 Å². The number of anilines is 1. The molecular weight excluding hydrogens is 567 g/mol. The van der Waals surface area contributed by atoms with Crippen LogP contribution < -0.4 is 15.6 Å². The van der Waals surface area contributed by atoms with Gasteiger partial charge in [0, 0.05) is 41.9 Å². The molecule has 0 spiro atoms. The number of hydrogen-bond donors (Lipinski definition) is 0. The number of ether oxygens (including phenoxy) is 1. The van der Waals surface area contributed by atoms with E-state index in [4.69, 9.17) is 27.9 Å². The van der Waals surface area contributed by atoms with E-state index in [1.54, 1.807) is 36.0 Å². The Morgan fingerprint density at radius 2 is 1.72 bits per heavy atom. The van der Waals surface area contributed by atoms with E-state index in [1.807, 2.05) is 6.92 Å². The number of benzene rings is 2. The van der Waals surface area contributed by atoms with Crippen LogP contribution in [-0.2, 0) is 33.7 Å². The molecule has 0 saturated carbocycles. The third-order valence-electron chi connectivity index (χ3n) is 6.11. The van der Waals surface area contributed by atoms with Crippen LogP contribution in [0.15, 0.2) is 69.3 Å². The lowest BCUT2D eigenvalue weighted by Crippen LogP contribution is -2.38. The highest BCUT2D eigenvalue weighted by Crippen LogP contribution is 2.31. The zero-order chi connectivity index (χ0) is 28.5. The Hall–Kier alpha value is -3.54. The van der Waals surface area contributed by atoms with Gasteiger partial charge in [-0.1, -0.05) is 36.5 Å². The van der Waals surface area contributed by atoms with Gasteiger partial charge in [0.25, 0.3) is 15.6 Å². The van der Waals surface area contributed by atoms with Crippen molar-refractivity contribution >= 4 is 55.8 Å². The van der Waals surface area contributed by atoms with Crippen molar-refractivity contribution in [1.82, 2.24) is 13.7 Å². The maximum atomic E-state index is 13.7. The first-order valence-electron chi connectivity index (χ1n) is 12.0. The van der Waals surface area contributed by atoms with E-state index in [2.05, 4.69) is 0 Å². The second-order valence-corrected chi connectivity index (χ2v) is 11.6. The predicted octanol–water partition coefficient (Wildman–Crippen LogP) is 3.87. The number of carbonyl (C=O) groups excluding carboxylic acids is 1. The fourth-order valence-corrected chi connectivity index (χ4v) is 6.19. The number of halogens is 2. The molecule has 0 aliphatic heterocycles. The first kappa shape index (κ1) is 28.5. The third kappa shape index (κ3) is 5.75. The molecule has 0 atom stereocenters. The van der Waals surface area contributed by atoms with E-state index in [0.29, 0.717) is 17.3 Å². The third-order valence-corrected chi connectivity index (χ3v) is 8.30. The van der Waals surface area contributed by atoms with E-state index >= 15 is 0 Å². The highest BCUT2D eigenvalue weighted by molar-refractivity contribution is 7.92. The molecule has 0 radical (unpaired) electrons. The Labute approximate surface area is 234 Å². The molecule has 13 heteroatoms. The fraction of sp³-hybridized carbons (Fsp3) is 0.269. The molecule has 0 N–H and O–H groups in total. The topological polar surface area (TPSA) is 113 Å². The summed E-state index contributed by atoms with van der Waals surface area (Å²) in [5, 5.41) is 0.836. The Morgan fingerprint density at radius 3 is 2.38 bits per heavy atom. The van der Waals surface area contributed by atoms with E-state index in [9.17, 15) is 22.8 Å². The quantitative estimate of drug-likeness (QED) is 0.215. The molecular formula is C26H26Cl2N4O6S. The van der Waals surface area contributed by atoms with Crippen molar-refractivity contribution in [2.24, 2.45) is 14.1 Å². The Bertz CT molecular complexity index is 1770. The van der Waals surface area contributed by atoms with Gasteiger partial charge in [0.1, 0.15) is 12.2 Å². The van der Waals surface area contributed by atoms with Crippen molar-refractivity contribution in [3.05, 3.63) is 85.7 Å². The molecule has 0 aliphatic carbocycles. The van der Waals surface area contributed by atoms with Gasteiger partial charge in [0.05, 0.1) is 22.7 Å². The monoisotopic (exact) mass is 592 g/mol. The van der Waals surface area contributed by atoms with Crippen molar-refractivity contribution in [2.45, 2.75) is 24.7 Å². The van der Waals surface area contributed by atoms with Crippen LogP contribution >= 0.6 is 23.2 Å². The van der Waals surface area contributed by atoms with Crippen LogP contribution in [0.4, 0.5) is 5.69 Å². The summed E-state index contributed by atoms with van der Waals surface area (Å²) in [5.41, 5.74) is 0.0621. The van der Waals surface area contributed by atoms with Gasteiger partial charge in [-0.25, -0.2) is 13.2 Å². The summed E-state index contributed by atoms with van der Waals surface area (Å²) in [6.45, 7) is 1.53. The van der Waals surface area contributed by atoms with Gasteiger partial charge in [-0.3, -0.25) is 18.5 Å². The highest BCUT2D eigenvalue weighted by atomic mass is 35.5. The molecule has 0 saturated heterocycles. The molecule has 206 valence electrons. The zero-order valence-corrected chi connectivity index (χ0v) is 23.8. The molecule has 0 aliphatic rings. The number of hydrogen-bond acceptors (Lipinski definition) is 6. The summed E-state index contributed by atoms with van der Waals surface area (Å²) < 4.78 is 37.6. The van der Waals surface area contributed by atoms with Crippen molar-refractivity contribution in [3.63, 3.8) is 0 Å². The standard InChI is InChI=1S/C26H26Cl2N4O6S/c1-4-5-10-38-24(33)16-32(39(36,37)21-13-18(27)12-19(28)14-21)20-6-7-22-17(11-20)8-9-31(22)23-15-29(2)26(35)30(3)25(23)34/h6-9,11-15H,4-5,10,16H2,1-3H3.